The van der Waals surface area contributed by atoms with Crippen LogP contribution in [0.4, 0.5) is 0 Å². The molecule has 0 bridgehead atoms. The molecule has 0 aliphatic rings. The van der Waals surface area contributed by atoms with E-state index in [9.17, 15) is 4.79 Å². The predicted molar refractivity (Wildman–Crippen MR) is 69.3 cm³/mol. The topological polar surface area (TPSA) is 38.3 Å². The Morgan fingerprint density at radius 1 is 1.41 bits per heavy atom. The summed E-state index contributed by atoms with van der Waals surface area (Å²) in [6.07, 6.45) is 0.862. The van der Waals surface area contributed by atoms with Gasteiger partial charge in [0.25, 0.3) is 0 Å². The molecule has 3 nitrogen and oxygen atoms in total. The third-order valence-electron chi connectivity index (χ3n) is 2.42. The van der Waals surface area contributed by atoms with Gasteiger partial charge in [-0.1, -0.05) is 23.7 Å². The normalized spacial score (nSPS) is 12.2. The first kappa shape index (κ1) is 14.0. The van der Waals surface area contributed by atoms with Crippen molar-refractivity contribution < 1.29 is 9.53 Å². The minimum atomic E-state index is -0.262. The highest BCUT2D eigenvalue weighted by atomic mass is 35.5. The van der Waals surface area contributed by atoms with Crippen molar-refractivity contribution in [2.45, 2.75) is 26.3 Å². The Bertz CT molecular complexity index is 351. The number of carbonyl (C=O) groups is 1. The molecule has 0 heterocycles. The van der Waals surface area contributed by atoms with Gasteiger partial charge < -0.3 is 10.1 Å². The fourth-order valence-electron chi connectivity index (χ4n) is 1.43. The average Bonchev–Trinajstić information content (AvgIpc) is 2.32. The summed E-state index contributed by atoms with van der Waals surface area (Å²) in [5.41, 5.74) is 1.19. The van der Waals surface area contributed by atoms with Crippen molar-refractivity contribution in [3.63, 3.8) is 0 Å². The zero-order chi connectivity index (χ0) is 12.7. The predicted octanol–water partition coefficient (Wildman–Crippen LogP) is 2.42. The van der Waals surface area contributed by atoms with Crippen LogP contribution in [0.15, 0.2) is 24.3 Å². The van der Waals surface area contributed by atoms with Gasteiger partial charge >= 0.3 is 5.97 Å². The highest BCUT2D eigenvalue weighted by molar-refractivity contribution is 6.30. The van der Waals surface area contributed by atoms with Crippen LogP contribution >= 0.6 is 11.6 Å². The molecule has 0 aromatic heterocycles. The fraction of sp³-hybridized carbons (Fsp3) is 0.462. The fourth-order valence-corrected chi connectivity index (χ4v) is 1.56. The second-order valence-electron chi connectivity index (χ2n) is 3.80. The number of benzene rings is 1. The number of nitrogens with one attached hydrogen (secondary N) is 1. The molecule has 17 heavy (non-hydrogen) atoms. The summed E-state index contributed by atoms with van der Waals surface area (Å²) in [4.78, 5) is 11.3. The van der Waals surface area contributed by atoms with E-state index in [-0.39, 0.29) is 12.0 Å². The van der Waals surface area contributed by atoms with E-state index in [1.807, 2.05) is 24.3 Å². The lowest BCUT2D eigenvalue weighted by Crippen LogP contribution is -2.36. The number of hydrogen-bond acceptors (Lipinski definition) is 3. The zero-order valence-corrected chi connectivity index (χ0v) is 11.0. The molecule has 94 valence electrons. The molecule has 4 heteroatoms. The van der Waals surface area contributed by atoms with Crippen LogP contribution in [0, 0.1) is 0 Å². The Kier molecular flexibility index (Phi) is 6.01. The Morgan fingerprint density at radius 3 is 2.65 bits per heavy atom. The molecule has 0 aliphatic carbocycles. The largest absolute Gasteiger partial charge is 0.465 e. The third-order valence-corrected chi connectivity index (χ3v) is 2.67. The zero-order valence-electron chi connectivity index (χ0n) is 10.2. The number of ether oxygens (including phenoxy) is 1. The van der Waals surface area contributed by atoms with Crippen molar-refractivity contribution in [3.8, 4) is 0 Å². The SMILES string of the molecule is CCOC(=O)C(C)NCCc1ccc(Cl)cc1. The Labute approximate surface area is 107 Å². The molecule has 0 saturated heterocycles. The maximum absolute atomic E-state index is 11.3. The first-order valence-electron chi connectivity index (χ1n) is 5.78. The molecule has 1 rings (SSSR count). The number of carbonyl (C=O) groups excluding carboxylic acids is 1. The number of rotatable bonds is 6. The van der Waals surface area contributed by atoms with Crippen molar-refractivity contribution in [1.29, 1.82) is 0 Å². The van der Waals surface area contributed by atoms with Crippen LogP contribution in [0.25, 0.3) is 0 Å². The summed E-state index contributed by atoms with van der Waals surface area (Å²) >= 11 is 5.80. The summed E-state index contributed by atoms with van der Waals surface area (Å²) in [6, 6.07) is 7.44. The second-order valence-corrected chi connectivity index (χ2v) is 4.24. The van der Waals surface area contributed by atoms with Crippen molar-refractivity contribution in [3.05, 3.63) is 34.9 Å². The quantitative estimate of drug-likeness (QED) is 0.794. The summed E-state index contributed by atoms with van der Waals surface area (Å²) < 4.78 is 4.90. The molecular weight excluding hydrogens is 238 g/mol. The van der Waals surface area contributed by atoms with E-state index >= 15 is 0 Å². The van der Waals surface area contributed by atoms with Crippen LogP contribution in [0.2, 0.25) is 5.02 Å². The highest BCUT2D eigenvalue weighted by Gasteiger charge is 2.11. The van der Waals surface area contributed by atoms with Crippen molar-refractivity contribution in [2.75, 3.05) is 13.2 Å². The van der Waals surface area contributed by atoms with Crippen molar-refractivity contribution in [2.24, 2.45) is 0 Å². The Hall–Kier alpha value is -1.06. The number of halogens is 1. The lowest BCUT2D eigenvalue weighted by Gasteiger charge is -2.12. The standard InChI is InChI=1S/C13H18ClNO2/c1-3-17-13(16)10(2)15-9-8-11-4-6-12(14)7-5-11/h4-7,10,15H,3,8-9H2,1-2H3. The van der Waals surface area contributed by atoms with E-state index < -0.39 is 0 Å². The number of hydrogen-bond donors (Lipinski definition) is 1. The molecule has 0 aliphatic heterocycles. The third kappa shape index (κ3) is 5.20. The maximum Gasteiger partial charge on any atom is 0.322 e. The molecular formula is C13H18ClNO2. The molecule has 1 aromatic rings. The summed E-state index contributed by atoms with van der Waals surface area (Å²) in [5, 5.41) is 3.86. The highest BCUT2D eigenvalue weighted by Crippen LogP contribution is 2.09. The molecule has 0 fully saturated rings. The van der Waals surface area contributed by atoms with E-state index in [1.54, 1.807) is 13.8 Å². The van der Waals surface area contributed by atoms with E-state index in [0.717, 1.165) is 18.0 Å². The van der Waals surface area contributed by atoms with E-state index in [1.165, 1.54) is 5.56 Å². The molecule has 1 N–H and O–H groups in total. The van der Waals surface area contributed by atoms with Crippen molar-refractivity contribution in [1.82, 2.24) is 5.32 Å². The molecule has 1 atom stereocenters. The molecule has 1 aromatic carbocycles. The van der Waals surface area contributed by atoms with E-state index in [0.29, 0.717) is 6.61 Å². The number of esters is 1. The van der Waals surface area contributed by atoms with Gasteiger partial charge in [-0.05, 0) is 44.5 Å². The van der Waals surface area contributed by atoms with Gasteiger partial charge in [0.15, 0.2) is 0 Å². The monoisotopic (exact) mass is 255 g/mol. The van der Waals surface area contributed by atoms with Gasteiger partial charge in [-0.15, -0.1) is 0 Å². The Morgan fingerprint density at radius 2 is 2.06 bits per heavy atom. The minimum absolute atomic E-state index is 0.205. The lowest BCUT2D eigenvalue weighted by molar-refractivity contribution is -0.145. The summed E-state index contributed by atoms with van der Waals surface area (Å²) in [5.74, 6) is -0.205. The first-order chi connectivity index (χ1) is 8.13. The van der Waals surface area contributed by atoms with E-state index in [2.05, 4.69) is 5.32 Å². The molecule has 0 saturated carbocycles. The van der Waals surface area contributed by atoms with Crippen LogP contribution in [-0.4, -0.2) is 25.2 Å². The summed E-state index contributed by atoms with van der Waals surface area (Å²) in [6.45, 7) is 4.77. The van der Waals surface area contributed by atoms with Crippen molar-refractivity contribution >= 4 is 17.6 Å². The average molecular weight is 256 g/mol. The lowest BCUT2D eigenvalue weighted by atomic mass is 10.1. The van der Waals surface area contributed by atoms with Crippen LogP contribution in [0.5, 0.6) is 0 Å². The van der Waals surface area contributed by atoms with Crippen LogP contribution in [0.3, 0.4) is 0 Å². The van der Waals surface area contributed by atoms with Crippen LogP contribution < -0.4 is 5.32 Å². The molecule has 1 unspecified atom stereocenters. The smallest absolute Gasteiger partial charge is 0.322 e. The van der Waals surface area contributed by atoms with Gasteiger partial charge in [0, 0.05) is 5.02 Å². The van der Waals surface area contributed by atoms with Crippen LogP contribution in [0.1, 0.15) is 19.4 Å². The second kappa shape index (κ2) is 7.30. The van der Waals surface area contributed by atoms with Gasteiger partial charge in [0.2, 0.25) is 0 Å². The minimum Gasteiger partial charge on any atom is -0.465 e. The Balaban J connectivity index is 2.27. The van der Waals surface area contributed by atoms with Gasteiger partial charge in [0.1, 0.15) is 6.04 Å². The maximum atomic E-state index is 11.3. The molecule has 0 radical (unpaired) electrons. The first-order valence-corrected chi connectivity index (χ1v) is 6.15. The summed E-state index contributed by atoms with van der Waals surface area (Å²) in [7, 11) is 0. The van der Waals surface area contributed by atoms with Gasteiger partial charge in [-0.25, -0.2) is 0 Å². The van der Waals surface area contributed by atoms with Gasteiger partial charge in [-0.3, -0.25) is 4.79 Å². The van der Waals surface area contributed by atoms with Crippen LogP contribution in [-0.2, 0) is 16.0 Å². The van der Waals surface area contributed by atoms with E-state index in [4.69, 9.17) is 16.3 Å². The molecule has 0 spiro atoms. The van der Waals surface area contributed by atoms with Gasteiger partial charge in [0.05, 0.1) is 6.61 Å². The molecule has 0 amide bonds. The van der Waals surface area contributed by atoms with Gasteiger partial charge in [-0.2, -0.15) is 0 Å².